The van der Waals surface area contributed by atoms with Gasteiger partial charge in [-0.3, -0.25) is 4.90 Å². The lowest BCUT2D eigenvalue weighted by molar-refractivity contribution is 0.232. The molecule has 108 valence electrons. The molecule has 0 aromatic carbocycles. The molecule has 1 unspecified atom stereocenters. The molecule has 1 saturated carbocycles. The molecule has 19 heavy (non-hydrogen) atoms. The van der Waals surface area contributed by atoms with E-state index in [2.05, 4.69) is 40.8 Å². The first-order chi connectivity index (χ1) is 9.20. The van der Waals surface area contributed by atoms with Gasteiger partial charge in [0.1, 0.15) is 5.82 Å². The molecule has 2 rings (SSSR count). The maximum atomic E-state index is 4.41. The number of hydrogen-bond donors (Lipinski definition) is 1. The molecule has 1 aliphatic carbocycles. The van der Waals surface area contributed by atoms with Crippen molar-refractivity contribution >= 4 is 0 Å². The van der Waals surface area contributed by atoms with Crippen LogP contribution in [0.25, 0.3) is 0 Å². The van der Waals surface area contributed by atoms with Gasteiger partial charge in [0.05, 0.1) is 6.54 Å². The molecule has 0 spiro atoms. The largest absolute Gasteiger partial charge is 0.337 e. The van der Waals surface area contributed by atoms with Crippen molar-refractivity contribution in [2.45, 2.75) is 45.2 Å². The molecule has 1 heterocycles. The van der Waals surface area contributed by atoms with Crippen molar-refractivity contribution in [2.75, 3.05) is 20.1 Å². The lowest BCUT2D eigenvalue weighted by atomic mass is 9.97. The van der Waals surface area contributed by atoms with Gasteiger partial charge in [-0.1, -0.05) is 19.8 Å². The minimum absolute atomic E-state index is 0.637. The van der Waals surface area contributed by atoms with Crippen molar-refractivity contribution in [3.05, 3.63) is 18.2 Å². The smallest absolute Gasteiger partial charge is 0.122 e. The Balaban J connectivity index is 1.87. The highest BCUT2D eigenvalue weighted by molar-refractivity contribution is 4.91. The fourth-order valence-corrected chi connectivity index (χ4v) is 3.19. The van der Waals surface area contributed by atoms with Gasteiger partial charge in [0, 0.05) is 32.0 Å². The molecule has 1 aromatic heterocycles. The Labute approximate surface area is 117 Å². The van der Waals surface area contributed by atoms with Crippen LogP contribution in [0.2, 0.25) is 0 Å². The minimum Gasteiger partial charge on any atom is -0.337 e. The molecule has 1 atom stereocenters. The second kappa shape index (κ2) is 7.06. The van der Waals surface area contributed by atoms with Crippen LogP contribution >= 0.6 is 0 Å². The summed E-state index contributed by atoms with van der Waals surface area (Å²) >= 11 is 0. The van der Waals surface area contributed by atoms with Crippen LogP contribution in [0.15, 0.2) is 12.4 Å². The van der Waals surface area contributed by atoms with Crippen LogP contribution in [-0.2, 0) is 13.6 Å². The second-order valence-corrected chi connectivity index (χ2v) is 5.86. The molecular formula is C15H28N4. The first-order valence-corrected chi connectivity index (χ1v) is 7.58. The second-order valence-electron chi connectivity index (χ2n) is 5.86. The summed E-state index contributed by atoms with van der Waals surface area (Å²) in [4.78, 5) is 6.80. The molecule has 1 aliphatic rings. The third kappa shape index (κ3) is 4.05. The molecule has 0 aliphatic heterocycles. The topological polar surface area (TPSA) is 33.1 Å². The summed E-state index contributed by atoms with van der Waals surface area (Å²) < 4.78 is 2.11. The number of hydrogen-bond acceptors (Lipinski definition) is 3. The van der Waals surface area contributed by atoms with Crippen LogP contribution in [0.5, 0.6) is 0 Å². The van der Waals surface area contributed by atoms with E-state index in [-0.39, 0.29) is 0 Å². The quantitative estimate of drug-likeness (QED) is 0.818. The average Bonchev–Trinajstić information content (AvgIpc) is 3.01. The fourth-order valence-electron chi connectivity index (χ4n) is 3.19. The number of rotatable bonds is 7. The van der Waals surface area contributed by atoms with E-state index in [1.54, 1.807) is 0 Å². The Morgan fingerprint density at radius 3 is 2.79 bits per heavy atom. The maximum absolute atomic E-state index is 4.41. The first kappa shape index (κ1) is 14.5. The van der Waals surface area contributed by atoms with E-state index < -0.39 is 0 Å². The number of likely N-dealkylation sites (N-methyl/N-ethyl adjacent to an activating group) is 2. The van der Waals surface area contributed by atoms with Gasteiger partial charge in [0.2, 0.25) is 0 Å². The van der Waals surface area contributed by atoms with Gasteiger partial charge in [-0.05, 0) is 32.4 Å². The molecular weight excluding hydrogens is 236 g/mol. The summed E-state index contributed by atoms with van der Waals surface area (Å²) in [7, 11) is 4.27. The summed E-state index contributed by atoms with van der Waals surface area (Å²) in [5.74, 6) is 2.01. The standard InChI is InChI=1S/C15H28N4/c1-4-16-14(13-7-5-6-8-13)11-18(2)12-15-17-9-10-19(15)3/h9-10,13-14,16H,4-8,11-12H2,1-3H3. The summed E-state index contributed by atoms with van der Waals surface area (Å²) in [6, 6.07) is 0.637. The van der Waals surface area contributed by atoms with E-state index in [1.165, 1.54) is 25.7 Å². The van der Waals surface area contributed by atoms with Gasteiger partial charge in [0.25, 0.3) is 0 Å². The predicted octanol–water partition coefficient (Wildman–Crippen LogP) is 2.02. The fraction of sp³-hybridized carbons (Fsp3) is 0.800. The Hall–Kier alpha value is -0.870. The van der Waals surface area contributed by atoms with Crippen molar-refractivity contribution in [1.29, 1.82) is 0 Å². The summed E-state index contributed by atoms with van der Waals surface area (Å²) in [5.41, 5.74) is 0. The number of aromatic nitrogens is 2. The van der Waals surface area contributed by atoms with Crippen molar-refractivity contribution in [2.24, 2.45) is 13.0 Å². The zero-order chi connectivity index (χ0) is 13.7. The molecule has 4 nitrogen and oxygen atoms in total. The van der Waals surface area contributed by atoms with Crippen LogP contribution in [0.3, 0.4) is 0 Å². The summed E-state index contributed by atoms with van der Waals surface area (Å²) in [5, 5.41) is 3.68. The number of aryl methyl sites for hydroxylation is 1. The molecule has 0 bridgehead atoms. The Bertz CT molecular complexity index is 368. The molecule has 0 saturated heterocycles. The van der Waals surface area contributed by atoms with E-state index in [9.17, 15) is 0 Å². The third-order valence-electron chi connectivity index (χ3n) is 4.28. The van der Waals surface area contributed by atoms with Crippen LogP contribution < -0.4 is 5.32 Å². The average molecular weight is 264 g/mol. The molecule has 1 aromatic rings. The third-order valence-corrected chi connectivity index (χ3v) is 4.28. The lowest BCUT2D eigenvalue weighted by Gasteiger charge is -2.29. The zero-order valence-corrected chi connectivity index (χ0v) is 12.6. The Morgan fingerprint density at radius 2 is 2.21 bits per heavy atom. The molecule has 0 radical (unpaired) electrons. The van der Waals surface area contributed by atoms with Crippen LogP contribution in [-0.4, -0.2) is 40.6 Å². The minimum atomic E-state index is 0.637. The number of imidazole rings is 1. The van der Waals surface area contributed by atoms with E-state index in [0.717, 1.165) is 31.4 Å². The van der Waals surface area contributed by atoms with Crippen molar-refractivity contribution in [3.63, 3.8) is 0 Å². The highest BCUT2D eigenvalue weighted by atomic mass is 15.2. The van der Waals surface area contributed by atoms with E-state index in [1.807, 2.05) is 12.4 Å². The van der Waals surface area contributed by atoms with E-state index in [0.29, 0.717) is 6.04 Å². The monoisotopic (exact) mass is 264 g/mol. The van der Waals surface area contributed by atoms with Crippen molar-refractivity contribution < 1.29 is 0 Å². The number of nitrogens with zero attached hydrogens (tertiary/aromatic N) is 3. The van der Waals surface area contributed by atoms with Gasteiger partial charge >= 0.3 is 0 Å². The molecule has 1 fully saturated rings. The van der Waals surface area contributed by atoms with E-state index >= 15 is 0 Å². The lowest BCUT2D eigenvalue weighted by Crippen LogP contribution is -2.43. The van der Waals surface area contributed by atoms with Gasteiger partial charge in [0.15, 0.2) is 0 Å². The highest BCUT2D eigenvalue weighted by Crippen LogP contribution is 2.28. The van der Waals surface area contributed by atoms with Crippen molar-refractivity contribution in [3.8, 4) is 0 Å². The SMILES string of the molecule is CCNC(CN(C)Cc1nccn1C)C1CCCC1. The van der Waals surface area contributed by atoms with Crippen LogP contribution in [0.4, 0.5) is 0 Å². The predicted molar refractivity (Wildman–Crippen MR) is 79.0 cm³/mol. The molecule has 4 heteroatoms. The van der Waals surface area contributed by atoms with Gasteiger partial charge in [-0.15, -0.1) is 0 Å². The van der Waals surface area contributed by atoms with E-state index in [4.69, 9.17) is 0 Å². The zero-order valence-electron chi connectivity index (χ0n) is 12.6. The molecule has 1 N–H and O–H groups in total. The van der Waals surface area contributed by atoms with Crippen molar-refractivity contribution in [1.82, 2.24) is 19.8 Å². The molecule has 0 amide bonds. The van der Waals surface area contributed by atoms with Crippen LogP contribution in [0, 0.1) is 5.92 Å². The van der Waals surface area contributed by atoms with Crippen LogP contribution in [0.1, 0.15) is 38.4 Å². The summed E-state index contributed by atoms with van der Waals surface area (Å²) in [6.07, 6.45) is 9.51. The maximum Gasteiger partial charge on any atom is 0.122 e. The first-order valence-electron chi connectivity index (χ1n) is 7.58. The van der Waals surface area contributed by atoms with Gasteiger partial charge < -0.3 is 9.88 Å². The summed E-state index contributed by atoms with van der Waals surface area (Å²) in [6.45, 7) is 5.32. The highest BCUT2D eigenvalue weighted by Gasteiger charge is 2.25. The van der Waals surface area contributed by atoms with Gasteiger partial charge in [-0.25, -0.2) is 4.98 Å². The Morgan fingerprint density at radius 1 is 1.47 bits per heavy atom. The normalized spacial score (nSPS) is 18.3. The number of nitrogens with one attached hydrogen (secondary N) is 1. The van der Waals surface area contributed by atoms with Gasteiger partial charge in [-0.2, -0.15) is 0 Å². The Kier molecular flexibility index (Phi) is 5.40.